The molecule has 0 aromatic rings. The van der Waals surface area contributed by atoms with E-state index >= 15 is 0 Å². The lowest BCUT2D eigenvalue weighted by Crippen LogP contribution is -2.38. The van der Waals surface area contributed by atoms with Gasteiger partial charge in [0, 0.05) is 0 Å². The van der Waals surface area contributed by atoms with Crippen molar-refractivity contribution < 1.29 is 14.3 Å². The van der Waals surface area contributed by atoms with E-state index < -0.39 is 5.41 Å². The molecule has 0 aromatic heterocycles. The molecule has 1 fully saturated rings. The summed E-state index contributed by atoms with van der Waals surface area (Å²) in [6.07, 6.45) is 23.6. The minimum atomic E-state index is -0.735. The smallest absolute Gasteiger partial charge is 0.320 e. The van der Waals surface area contributed by atoms with Gasteiger partial charge in [0.15, 0.2) is 0 Å². The Kier molecular flexibility index (Phi) is 12.8. The minimum absolute atomic E-state index is 0.0155. The number of cyclic esters (lactones) is 2. The standard InChI is InChI=1S/C35H52O3/c1-25(2)13-9-15-27(5)17-11-18-29(7)21-22-31-23-30(20-12-19-28(6)16-10-14-26(3)4)24-35(8)32(31)33(36)38-34(35)37/h13-14,17,19,21,23,31-32H,9-12,15-16,18,20,22,24H2,1-8H3/b27-17+,28-19+,29-21+/t31?,32?,35-/m1/s1. The lowest BCUT2D eigenvalue weighted by Gasteiger charge is -2.35. The first-order valence-electron chi connectivity index (χ1n) is 14.6. The quantitative estimate of drug-likeness (QED) is 0.130. The van der Waals surface area contributed by atoms with Gasteiger partial charge < -0.3 is 4.74 Å². The van der Waals surface area contributed by atoms with Gasteiger partial charge in [0.1, 0.15) is 0 Å². The highest BCUT2D eigenvalue weighted by atomic mass is 16.6. The third-order valence-corrected chi connectivity index (χ3v) is 7.98. The van der Waals surface area contributed by atoms with Crippen LogP contribution in [-0.2, 0) is 14.3 Å². The van der Waals surface area contributed by atoms with Crippen molar-refractivity contribution >= 4 is 11.9 Å². The summed E-state index contributed by atoms with van der Waals surface area (Å²) in [5, 5.41) is 0. The highest BCUT2D eigenvalue weighted by molar-refractivity contribution is 5.99. The van der Waals surface area contributed by atoms with E-state index in [1.165, 1.54) is 33.4 Å². The number of esters is 2. The van der Waals surface area contributed by atoms with Gasteiger partial charge in [-0.05, 0) is 126 Å². The van der Waals surface area contributed by atoms with Crippen LogP contribution >= 0.6 is 0 Å². The van der Waals surface area contributed by atoms with Crippen LogP contribution in [-0.4, -0.2) is 11.9 Å². The van der Waals surface area contributed by atoms with Crippen LogP contribution in [0, 0.1) is 17.3 Å². The van der Waals surface area contributed by atoms with Crippen LogP contribution in [0.2, 0.25) is 0 Å². The maximum atomic E-state index is 12.7. The van der Waals surface area contributed by atoms with Gasteiger partial charge in [-0.25, -0.2) is 0 Å². The number of allylic oxidation sites excluding steroid dienone is 12. The molecule has 0 amide bonds. The summed E-state index contributed by atoms with van der Waals surface area (Å²) >= 11 is 0. The van der Waals surface area contributed by atoms with E-state index in [2.05, 4.69) is 84.9 Å². The molecular weight excluding hydrogens is 468 g/mol. The second kappa shape index (κ2) is 15.2. The average Bonchev–Trinajstić information content (AvgIpc) is 3.04. The first kappa shape index (κ1) is 31.8. The minimum Gasteiger partial charge on any atom is -0.392 e. The summed E-state index contributed by atoms with van der Waals surface area (Å²) in [5.74, 6) is -1.04. The van der Waals surface area contributed by atoms with E-state index in [4.69, 9.17) is 4.74 Å². The SMILES string of the molecule is CC(C)=CCC/C(C)=C/CCC1=CC(C/C=C(\C)CC/C=C(\C)CCC=C(C)C)C2C(=O)OC(=O)[C@]2(C)C1. The van der Waals surface area contributed by atoms with E-state index in [-0.39, 0.29) is 23.8 Å². The van der Waals surface area contributed by atoms with Crippen molar-refractivity contribution in [3.63, 3.8) is 0 Å². The van der Waals surface area contributed by atoms with Crippen LogP contribution < -0.4 is 0 Å². The summed E-state index contributed by atoms with van der Waals surface area (Å²) in [6.45, 7) is 17.1. The Bertz CT molecular complexity index is 1020. The lowest BCUT2D eigenvalue weighted by molar-refractivity contribution is -0.155. The first-order chi connectivity index (χ1) is 17.9. The summed E-state index contributed by atoms with van der Waals surface area (Å²) in [7, 11) is 0. The van der Waals surface area contributed by atoms with Gasteiger partial charge in [-0.15, -0.1) is 0 Å². The predicted octanol–water partition coefficient (Wildman–Crippen LogP) is 9.92. The number of hydrogen-bond donors (Lipinski definition) is 0. The van der Waals surface area contributed by atoms with Crippen molar-refractivity contribution in [1.29, 1.82) is 0 Å². The fourth-order valence-corrected chi connectivity index (χ4v) is 5.66. The molecule has 2 rings (SSSR count). The Morgan fingerprint density at radius 3 is 1.84 bits per heavy atom. The summed E-state index contributed by atoms with van der Waals surface area (Å²) in [5.41, 5.74) is 7.49. The number of carbonyl (C=O) groups is 2. The number of hydrogen-bond acceptors (Lipinski definition) is 3. The molecule has 2 aliphatic rings. The second-order valence-electron chi connectivity index (χ2n) is 12.4. The van der Waals surface area contributed by atoms with Gasteiger partial charge >= 0.3 is 11.9 Å². The molecule has 1 aliphatic heterocycles. The third kappa shape index (κ3) is 10.0. The summed E-state index contributed by atoms with van der Waals surface area (Å²) in [6, 6.07) is 0. The molecule has 1 aliphatic carbocycles. The summed E-state index contributed by atoms with van der Waals surface area (Å²) < 4.78 is 5.18. The van der Waals surface area contributed by atoms with Gasteiger partial charge in [0.05, 0.1) is 11.3 Å². The number of fused-ring (bicyclic) bond motifs is 1. The molecule has 38 heavy (non-hydrogen) atoms. The van der Waals surface area contributed by atoms with Gasteiger partial charge in [-0.3, -0.25) is 9.59 Å². The highest BCUT2D eigenvalue weighted by Crippen LogP contribution is 2.51. The molecule has 3 atom stereocenters. The van der Waals surface area contributed by atoms with Crippen molar-refractivity contribution in [3.8, 4) is 0 Å². The molecule has 3 heteroatoms. The Hall–Kier alpha value is -2.42. The van der Waals surface area contributed by atoms with Gasteiger partial charge in [0.2, 0.25) is 0 Å². The molecule has 0 bridgehead atoms. The largest absolute Gasteiger partial charge is 0.392 e. The molecule has 0 saturated carbocycles. The van der Waals surface area contributed by atoms with Gasteiger partial charge in [-0.2, -0.15) is 0 Å². The van der Waals surface area contributed by atoms with Crippen LogP contribution in [0.3, 0.4) is 0 Å². The lowest BCUT2D eigenvalue weighted by atomic mass is 9.63. The molecule has 2 unspecified atom stereocenters. The van der Waals surface area contributed by atoms with Gasteiger partial charge in [-0.1, -0.05) is 69.9 Å². The van der Waals surface area contributed by atoms with Crippen molar-refractivity contribution in [1.82, 2.24) is 0 Å². The molecule has 1 saturated heterocycles. The zero-order valence-electron chi connectivity index (χ0n) is 25.4. The molecule has 210 valence electrons. The van der Waals surface area contributed by atoms with E-state index in [1.807, 2.05) is 6.92 Å². The topological polar surface area (TPSA) is 43.4 Å². The number of carbonyl (C=O) groups excluding carboxylic acids is 2. The Morgan fingerprint density at radius 1 is 0.789 bits per heavy atom. The molecule has 0 spiro atoms. The Balaban J connectivity index is 2.02. The van der Waals surface area contributed by atoms with E-state index in [1.54, 1.807) is 0 Å². The van der Waals surface area contributed by atoms with Gasteiger partial charge in [0.25, 0.3) is 0 Å². The number of rotatable bonds is 14. The van der Waals surface area contributed by atoms with E-state index in [0.717, 1.165) is 57.8 Å². The van der Waals surface area contributed by atoms with E-state index in [9.17, 15) is 9.59 Å². The summed E-state index contributed by atoms with van der Waals surface area (Å²) in [4.78, 5) is 25.4. The average molecular weight is 521 g/mol. The highest BCUT2D eigenvalue weighted by Gasteiger charge is 2.58. The fraction of sp³-hybridized carbons (Fsp3) is 0.600. The van der Waals surface area contributed by atoms with Crippen LogP contribution in [0.5, 0.6) is 0 Å². The van der Waals surface area contributed by atoms with Crippen LogP contribution in [0.4, 0.5) is 0 Å². The number of ether oxygens (including phenoxy) is 1. The third-order valence-electron chi connectivity index (χ3n) is 7.98. The van der Waals surface area contributed by atoms with Crippen molar-refractivity contribution in [3.05, 3.63) is 69.9 Å². The molecule has 0 N–H and O–H groups in total. The van der Waals surface area contributed by atoms with Crippen molar-refractivity contribution in [2.24, 2.45) is 17.3 Å². The molecule has 0 radical (unpaired) electrons. The fourth-order valence-electron chi connectivity index (χ4n) is 5.66. The maximum Gasteiger partial charge on any atom is 0.320 e. The maximum absolute atomic E-state index is 12.7. The molecular formula is C35H52O3. The second-order valence-corrected chi connectivity index (χ2v) is 12.4. The zero-order chi connectivity index (χ0) is 28.3. The molecule has 3 nitrogen and oxygen atoms in total. The van der Waals surface area contributed by atoms with Crippen molar-refractivity contribution in [2.75, 3.05) is 0 Å². The van der Waals surface area contributed by atoms with E-state index in [0.29, 0.717) is 6.42 Å². The molecule has 0 aromatic carbocycles. The van der Waals surface area contributed by atoms with Crippen LogP contribution in [0.25, 0.3) is 0 Å². The predicted molar refractivity (Wildman–Crippen MR) is 161 cm³/mol. The Labute approximate surface area is 232 Å². The first-order valence-corrected chi connectivity index (χ1v) is 14.6. The monoisotopic (exact) mass is 520 g/mol. The van der Waals surface area contributed by atoms with Crippen LogP contribution in [0.1, 0.15) is 120 Å². The molecule has 1 heterocycles. The van der Waals surface area contributed by atoms with Crippen molar-refractivity contribution in [2.45, 2.75) is 120 Å². The zero-order valence-corrected chi connectivity index (χ0v) is 25.4. The van der Waals surface area contributed by atoms with Crippen LogP contribution in [0.15, 0.2) is 69.9 Å². The normalized spacial score (nSPS) is 24.1. The Morgan fingerprint density at radius 2 is 1.29 bits per heavy atom.